The third-order valence-electron chi connectivity index (χ3n) is 6.43. The highest BCUT2D eigenvalue weighted by molar-refractivity contribution is 7.96. The van der Waals surface area contributed by atoms with Crippen molar-refractivity contribution in [3.63, 3.8) is 0 Å². The van der Waals surface area contributed by atoms with Gasteiger partial charge in [0.1, 0.15) is 10.9 Å². The predicted octanol–water partition coefficient (Wildman–Crippen LogP) is 1.81. The first-order valence-electron chi connectivity index (χ1n) is 12.9. The van der Waals surface area contributed by atoms with Crippen molar-refractivity contribution in [3.8, 4) is 0 Å². The lowest BCUT2D eigenvalue weighted by atomic mass is 10.0. The first-order valence-corrected chi connectivity index (χ1v) is 14.4. The molecule has 3 amide bonds. The first-order chi connectivity index (χ1) is 18.7. The third kappa shape index (κ3) is 8.47. The Morgan fingerprint density at radius 2 is 1.54 bits per heavy atom. The quantitative estimate of drug-likeness (QED) is 0.252. The number of unbranched alkanes of at least 4 members (excludes halogenated alkanes) is 1. The molecule has 1 aliphatic rings. The summed E-state index contributed by atoms with van der Waals surface area (Å²) in [5.74, 6) is -1.40. The number of rotatable bonds is 13. The summed E-state index contributed by atoms with van der Waals surface area (Å²) in [6.45, 7) is 5.55. The van der Waals surface area contributed by atoms with E-state index in [1.54, 1.807) is 23.1 Å². The molecule has 0 unspecified atom stereocenters. The number of sulfone groups is 1. The number of urea groups is 1. The fraction of sp³-hybridized carbons (Fsp3) is 0.393. The van der Waals surface area contributed by atoms with Gasteiger partial charge in [0.15, 0.2) is 5.78 Å². The molecule has 3 rings (SSSR count). The summed E-state index contributed by atoms with van der Waals surface area (Å²) < 4.78 is 31.4. The van der Waals surface area contributed by atoms with Gasteiger partial charge in [0.25, 0.3) is 0 Å². The zero-order chi connectivity index (χ0) is 28.3. The molecule has 2 aromatic rings. The van der Waals surface area contributed by atoms with E-state index in [0.29, 0.717) is 45.7 Å². The largest absolute Gasteiger partial charge is 0.378 e. The minimum absolute atomic E-state index is 0.0601. The Hall–Kier alpha value is -3.54. The topological polar surface area (TPSA) is 148 Å². The molecule has 1 fully saturated rings. The van der Waals surface area contributed by atoms with Crippen LogP contribution in [0.15, 0.2) is 77.0 Å². The summed E-state index contributed by atoms with van der Waals surface area (Å²) in [7, 11) is -4.16. The summed E-state index contributed by atoms with van der Waals surface area (Å²) in [5.41, 5.74) is 6.42. The highest BCUT2D eigenvalue weighted by atomic mass is 32.2. The van der Waals surface area contributed by atoms with Crippen molar-refractivity contribution in [2.24, 2.45) is 5.73 Å². The van der Waals surface area contributed by atoms with Crippen molar-refractivity contribution >= 4 is 27.6 Å². The van der Waals surface area contributed by atoms with Crippen LogP contribution in [0.1, 0.15) is 24.8 Å². The van der Waals surface area contributed by atoms with Crippen LogP contribution in [-0.2, 0) is 30.6 Å². The van der Waals surface area contributed by atoms with Crippen molar-refractivity contribution in [1.82, 2.24) is 15.5 Å². The van der Waals surface area contributed by atoms with Gasteiger partial charge >= 0.3 is 6.03 Å². The SMILES string of the molecule is C=C(C(=O)[C@H](CCCCN)NC(=O)[C@H](Cc1ccccc1)NC(=O)N1CCOCC1)S(=O)(=O)c1ccccc1. The molecule has 11 heteroatoms. The zero-order valence-electron chi connectivity index (χ0n) is 21.9. The maximum absolute atomic E-state index is 13.5. The number of nitrogens with zero attached hydrogens (tertiary/aromatic N) is 1. The van der Waals surface area contributed by atoms with Crippen molar-refractivity contribution < 1.29 is 27.5 Å². The Kier molecular flexibility index (Phi) is 11.2. The van der Waals surface area contributed by atoms with Crippen LogP contribution in [0.3, 0.4) is 0 Å². The molecule has 2 atom stereocenters. The standard InChI is InChI=1S/C28H36N4O6S/c1-21(39(36,37)23-12-6-3-7-13-23)26(33)24(14-8-9-15-29)30-27(34)25(20-22-10-4-2-5-11-22)31-28(35)32-16-18-38-19-17-32/h2-7,10-13,24-25H,1,8-9,14-20,29H2,(H,30,34)(H,31,35)/t24-,25-/m0/s1. The van der Waals surface area contributed by atoms with Crippen LogP contribution < -0.4 is 16.4 Å². The summed E-state index contributed by atoms with van der Waals surface area (Å²) >= 11 is 0. The number of amides is 3. The lowest BCUT2D eigenvalue weighted by Gasteiger charge is -2.29. The molecule has 4 N–H and O–H groups in total. The Bertz CT molecular complexity index is 1230. The zero-order valence-corrected chi connectivity index (χ0v) is 22.7. The van der Waals surface area contributed by atoms with Crippen LogP contribution in [-0.4, -0.2) is 76.0 Å². The second kappa shape index (κ2) is 14.6. The second-order valence-electron chi connectivity index (χ2n) is 9.24. The van der Waals surface area contributed by atoms with E-state index in [-0.39, 0.29) is 17.7 Å². The smallest absolute Gasteiger partial charge is 0.318 e. The average molecular weight is 557 g/mol. The van der Waals surface area contributed by atoms with Crippen molar-refractivity contribution in [3.05, 3.63) is 77.7 Å². The van der Waals surface area contributed by atoms with Gasteiger partial charge in [-0.15, -0.1) is 0 Å². The van der Waals surface area contributed by atoms with Crippen LogP contribution in [0.5, 0.6) is 0 Å². The van der Waals surface area contributed by atoms with Gasteiger partial charge in [-0.3, -0.25) is 9.59 Å². The predicted molar refractivity (Wildman–Crippen MR) is 147 cm³/mol. The number of nitrogens with one attached hydrogen (secondary N) is 2. The second-order valence-corrected chi connectivity index (χ2v) is 11.2. The molecule has 0 radical (unpaired) electrons. The highest BCUT2D eigenvalue weighted by Crippen LogP contribution is 2.21. The molecule has 0 bridgehead atoms. The number of benzene rings is 2. The van der Waals surface area contributed by atoms with Crippen LogP contribution in [0.4, 0.5) is 4.79 Å². The number of ether oxygens (including phenoxy) is 1. The fourth-order valence-corrected chi connectivity index (χ4v) is 5.38. The van der Waals surface area contributed by atoms with E-state index in [1.807, 2.05) is 30.3 Å². The molecular weight excluding hydrogens is 520 g/mol. The van der Waals surface area contributed by atoms with E-state index in [2.05, 4.69) is 17.2 Å². The van der Waals surface area contributed by atoms with E-state index < -0.39 is 44.5 Å². The highest BCUT2D eigenvalue weighted by Gasteiger charge is 2.33. The molecule has 1 aliphatic heterocycles. The molecule has 1 heterocycles. The third-order valence-corrected chi connectivity index (χ3v) is 8.17. The molecule has 0 aliphatic carbocycles. The van der Waals surface area contributed by atoms with Gasteiger partial charge in [-0.25, -0.2) is 13.2 Å². The Balaban J connectivity index is 1.81. The average Bonchev–Trinajstić information content (AvgIpc) is 2.97. The van der Waals surface area contributed by atoms with E-state index >= 15 is 0 Å². The molecule has 0 spiro atoms. The normalized spacial score (nSPS) is 15.2. The van der Waals surface area contributed by atoms with Gasteiger partial charge in [-0.2, -0.15) is 0 Å². The number of carbonyl (C=O) groups excluding carboxylic acids is 3. The van der Waals surface area contributed by atoms with Crippen LogP contribution in [0, 0.1) is 0 Å². The number of ketones is 1. The van der Waals surface area contributed by atoms with Gasteiger partial charge in [-0.1, -0.05) is 55.1 Å². The van der Waals surface area contributed by atoms with Crippen LogP contribution >= 0.6 is 0 Å². The van der Waals surface area contributed by atoms with Gasteiger partial charge in [-0.05, 0) is 43.5 Å². The number of nitrogens with two attached hydrogens (primary N) is 1. The number of morpholine rings is 1. The Labute approximate surface area is 229 Å². The number of carbonyl (C=O) groups is 3. The van der Waals surface area contributed by atoms with Gasteiger partial charge in [0.2, 0.25) is 15.7 Å². The van der Waals surface area contributed by atoms with E-state index in [4.69, 9.17) is 10.5 Å². The summed E-state index contributed by atoms with van der Waals surface area (Å²) in [5, 5.41) is 5.48. The number of hydrogen-bond donors (Lipinski definition) is 3. The first kappa shape index (κ1) is 30.0. The van der Waals surface area contributed by atoms with Gasteiger partial charge in [0.05, 0.1) is 24.2 Å². The number of hydrogen-bond acceptors (Lipinski definition) is 7. The van der Waals surface area contributed by atoms with Crippen LogP contribution in [0.2, 0.25) is 0 Å². The molecule has 10 nitrogen and oxygen atoms in total. The molecule has 39 heavy (non-hydrogen) atoms. The van der Waals surface area contributed by atoms with Crippen molar-refractivity contribution in [2.45, 2.75) is 42.7 Å². The van der Waals surface area contributed by atoms with Crippen molar-refractivity contribution in [1.29, 1.82) is 0 Å². The molecule has 1 saturated heterocycles. The lowest BCUT2D eigenvalue weighted by Crippen LogP contribution is -2.56. The van der Waals surface area contributed by atoms with E-state index in [0.717, 1.165) is 5.56 Å². The van der Waals surface area contributed by atoms with Gasteiger partial charge < -0.3 is 26.0 Å². The van der Waals surface area contributed by atoms with Crippen LogP contribution in [0.25, 0.3) is 0 Å². The summed E-state index contributed by atoms with van der Waals surface area (Å²) in [4.78, 5) is 40.8. The molecule has 0 aromatic heterocycles. The fourth-order valence-electron chi connectivity index (χ4n) is 4.17. The monoisotopic (exact) mass is 556 g/mol. The number of Topliss-reactive ketones (excluding diaryl/α,β-unsaturated/α-hetero) is 1. The maximum atomic E-state index is 13.5. The van der Waals surface area contributed by atoms with Gasteiger partial charge in [0, 0.05) is 19.5 Å². The van der Waals surface area contributed by atoms with E-state index in [1.165, 1.54) is 12.1 Å². The summed E-state index contributed by atoms with van der Waals surface area (Å²) in [6, 6.07) is 14.1. The molecule has 2 aromatic carbocycles. The molecular formula is C28H36N4O6S. The molecule has 210 valence electrons. The minimum Gasteiger partial charge on any atom is -0.378 e. The lowest BCUT2D eigenvalue weighted by molar-refractivity contribution is -0.127. The summed E-state index contributed by atoms with van der Waals surface area (Å²) in [6.07, 6.45) is 1.41. The Morgan fingerprint density at radius 3 is 2.15 bits per heavy atom. The van der Waals surface area contributed by atoms with Crippen molar-refractivity contribution in [2.75, 3.05) is 32.8 Å². The Morgan fingerprint density at radius 1 is 0.923 bits per heavy atom. The maximum Gasteiger partial charge on any atom is 0.318 e. The minimum atomic E-state index is -4.16. The van der Waals surface area contributed by atoms with E-state index in [9.17, 15) is 22.8 Å². The molecule has 0 saturated carbocycles.